The molecule has 1 amide bonds. The summed E-state index contributed by atoms with van der Waals surface area (Å²) in [6.07, 6.45) is 4.21. The van der Waals surface area contributed by atoms with Crippen molar-refractivity contribution < 1.29 is 9.72 Å². The van der Waals surface area contributed by atoms with Crippen LogP contribution >= 0.6 is 15.9 Å². The number of carbonyl (C=O) groups is 1. The average Bonchev–Trinajstić information content (AvgIpc) is 3.07. The molecule has 9 nitrogen and oxygen atoms in total. The smallest absolute Gasteiger partial charge is 0.343 e. The summed E-state index contributed by atoms with van der Waals surface area (Å²) in [5, 5.41) is 15.5. The summed E-state index contributed by atoms with van der Waals surface area (Å²) >= 11 is 3.37. The van der Waals surface area contributed by atoms with E-state index < -0.39 is 10.8 Å². The lowest BCUT2D eigenvalue weighted by Gasteiger charge is -2.08. The zero-order valence-electron chi connectivity index (χ0n) is 14.7. The van der Waals surface area contributed by atoms with Crippen LogP contribution in [0.15, 0.2) is 64.6 Å². The highest BCUT2D eigenvalue weighted by atomic mass is 79.9. The minimum atomic E-state index is -0.505. The largest absolute Gasteiger partial charge is 0.358 e. The summed E-state index contributed by atoms with van der Waals surface area (Å²) in [6.45, 7) is 1.74. The van der Waals surface area contributed by atoms with Crippen LogP contribution in [0.5, 0.6) is 0 Å². The number of amides is 1. The fraction of sp³-hybridized carbons (Fsp3) is 0.111. The number of nitrogens with one attached hydrogen (secondary N) is 1. The fourth-order valence-corrected chi connectivity index (χ4v) is 2.73. The quantitative estimate of drug-likeness (QED) is 0.357. The number of pyridine rings is 1. The zero-order valence-corrected chi connectivity index (χ0v) is 16.3. The van der Waals surface area contributed by atoms with Crippen LogP contribution in [0, 0.1) is 17.0 Å². The number of aromatic nitrogens is 3. The number of benzene rings is 1. The molecule has 28 heavy (non-hydrogen) atoms. The molecule has 3 aromatic rings. The molecule has 0 aliphatic carbocycles. The molecule has 0 saturated carbocycles. The Bertz CT molecular complexity index is 1030. The van der Waals surface area contributed by atoms with E-state index in [9.17, 15) is 14.9 Å². The van der Waals surface area contributed by atoms with E-state index in [1.54, 1.807) is 31.2 Å². The van der Waals surface area contributed by atoms with Crippen molar-refractivity contribution in [1.29, 1.82) is 0 Å². The van der Waals surface area contributed by atoms with Gasteiger partial charge in [0.25, 0.3) is 5.91 Å². The molecule has 0 aliphatic rings. The van der Waals surface area contributed by atoms with E-state index in [-0.39, 0.29) is 12.4 Å². The van der Waals surface area contributed by atoms with Crippen LogP contribution in [0.3, 0.4) is 0 Å². The molecular formula is C18H15BrN6O3. The van der Waals surface area contributed by atoms with Crippen molar-refractivity contribution in [3.05, 3.63) is 86.5 Å². The number of rotatable bonds is 6. The highest BCUT2D eigenvalue weighted by molar-refractivity contribution is 9.10. The van der Waals surface area contributed by atoms with Gasteiger partial charge in [-0.3, -0.25) is 9.78 Å². The highest BCUT2D eigenvalue weighted by Crippen LogP contribution is 2.17. The number of nitrogens with zero attached hydrogens (tertiary/aromatic N) is 5. The van der Waals surface area contributed by atoms with Gasteiger partial charge in [0.1, 0.15) is 18.5 Å². The monoisotopic (exact) mass is 442 g/mol. The van der Waals surface area contributed by atoms with E-state index in [2.05, 4.69) is 36.4 Å². The van der Waals surface area contributed by atoms with Crippen molar-refractivity contribution in [2.45, 2.75) is 13.5 Å². The summed E-state index contributed by atoms with van der Waals surface area (Å²) in [5.74, 6) is -0.0893. The first-order chi connectivity index (χ1) is 13.5. The third-order valence-electron chi connectivity index (χ3n) is 3.94. The molecule has 0 spiro atoms. The lowest BCUT2D eigenvalue weighted by molar-refractivity contribution is -0.392. The molecule has 10 heteroatoms. The number of nitro groups is 1. The van der Waals surface area contributed by atoms with Gasteiger partial charge in [-0.1, -0.05) is 28.1 Å². The molecular weight excluding hydrogens is 428 g/mol. The second-order valence-corrected chi connectivity index (χ2v) is 6.66. The van der Waals surface area contributed by atoms with Gasteiger partial charge < -0.3 is 10.1 Å². The van der Waals surface area contributed by atoms with Gasteiger partial charge in [0, 0.05) is 34.9 Å². The maximum atomic E-state index is 12.3. The van der Waals surface area contributed by atoms with Gasteiger partial charge >= 0.3 is 5.82 Å². The van der Waals surface area contributed by atoms with Crippen LogP contribution in [0.4, 0.5) is 5.82 Å². The summed E-state index contributed by atoms with van der Waals surface area (Å²) in [6, 6.07) is 10.4. The Morgan fingerprint density at radius 3 is 2.54 bits per heavy atom. The first kappa shape index (κ1) is 19.4. The van der Waals surface area contributed by atoms with Gasteiger partial charge in [-0.05, 0) is 29.2 Å². The Morgan fingerprint density at radius 1 is 1.21 bits per heavy atom. The molecule has 1 N–H and O–H groups in total. The van der Waals surface area contributed by atoms with Crippen molar-refractivity contribution in [3.63, 3.8) is 0 Å². The van der Waals surface area contributed by atoms with Gasteiger partial charge in [-0.2, -0.15) is 5.10 Å². The first-order valence-electron chi connectivity index (χ1n) is 8.15. The third kappa shape index (κ3) is 4.46. The Labute approximate surface area is 168 Å². The average molecular weight is 443 g/mol. The fourth-order valence-electron chi connectivity index (χ4n) is 2.47. The van der Waals surface area contributed by atoms with E-state index in [0.717, 1.165) is 4.47 Å². The predicted molar refractivity (Wildman–Crippen MR) is 106 cm³/mol. The first-order valence-corrected chi connectivity index (χ1v) is 8.94. The Balaban J connectivity index is 1.94. The maximum Gasteiger partial charge on any atom is 0.343 e. The zero-order chi connectivity index (χ0) is 20.1. The standard InChI is InChI=1S/C18H15BrN6O3/c1-12-21-10-17(25(27)28)24(12)11-16(13-2-4-15(19)5-3-13)22-23-18(26)14-6-8-20-9-7-14/h2-10H,11H2,1H3,(H,23,26)/b22-16-. The van der Waals surface area contributed by atoms with Crippen LogP contribution in [0.2, 0.25) is 0 Å². The second-order valence-electron chi connectivity index (χ2n) is 5.75. The Kier molecular flexibility index (Phi) is 5.90. The van der Waals surface area contributed by atoms with Gasteiger partial charge in [0.05, 0.1) is 0 Å². The Hall–Kier alpha value is -3.40. The lowest BCUT2D eigenvalue weighted by atomic mass is 10.1. The van der Waals surface area contributed by atoms with Crippen molar-refractivity contribution in [2.24, 2.45) is 5.10 Å². The number of carbonyl (C=O) groups excluding carboxylic acids is 1. The topological polar surface area (TPSA) is 115 Å². The van der Waals surface area contributed by atoms with Crippen LogP contribution in [0.25, 0.3) is 0 Å². The number of hydrogen-bond donors (Lipinski definition) is 1. The van der Waals surface area contributed by atoms with E-state index in [1.807, 2.05) is 12.1 Å². The molecule has 0 atom stereocenters. The molecule has 3 rings (SSSR count). The molecule has 0 radical (unpaired) electrons. The summed E-state index contributed by atoms with van der Waals surface area (Å²) in [7, 11) is 0. The molecule has 2 aromatic heterocycles. The normalized spacial score (nSPS) is 11.3. The minimum Gasteiger partial charge on any atom is -0.358 e. The van der Waals surface area contributed by atoms with E-state index >= 15 is 0 Å². The molecule has 142 valence electrons. The Morgan fingerprint density at radius 2 is 1.89 bits per heavy atom. The van der Waals surface area contributed by atoms with Crippen molar-refractivity contribution in [1.82, 2.24) is 20.0 Å². The summed E-state index contributed by atoms with van der Waals surface area (Å²) in [5.41, 5.74) is 4.05. The van der Waals surface area contributed by atoms with E-state index in [0.29, 0.717) is 22.7 Å². The molecule has 0 fully saturated rings. The number of hydrogen-bond acceptors (Lipinski definition) is 6. The van der Waals surface area contributed by atoms with Gasteiger partial charge in [-0.25, -0.2) is 15.0 Å². The van der Waals surface area contributed by atoms with E-state index in [1.165, 1.54) is 23.2 Å². The molecule has 0 saturated heterocycles. The van der Waals surface area contributed by atoms with Crippen molar-refractivity contribution >= 4 is 33.4 Å². The molecule has 0 unspecified atom stereocenters. The minimum absolute atomic E-state index is 0.0698. The van der Waals surface area contributed by atoms with Crippen LogP contribution in [-0.4, -0.2) is 31.1 Å². The molecule has 1 aromatic carbocycles. The van der Waals surface area contributed by atoms with Gasteiger partial charge in [0.15, 0.2) is 5.82 Å². The second kappa shape index (κ2) is 8.53. The summed E-state index contributed by atoms with van der Waals surface area (Å²) in [4.78, 5) is 30.9. The maximum absolute atomic E-state index is 12.3. The van der Waals surface area contributed by atoms with Crippen LogP contribution in [0.1, 0.15) is 21.7 Å². The number of aryl methyl sites for hydroxylation is 1. The van der Waals surface area contributed by atoms with Crippen molar-refractivity contribution in [2.75, 3.05) is 0 Å². The van der Waals surface area contributed by atoms with Gasteiger partial charge in [0.2, 0.25) is 0 Å². The van der Waals surface area contributed by atoms with Crippen LogP contribution < -0.4 is 5.43 Å². The molecule has 0 aliphatic heterocycles. The molecule has 0 bridgehead atoms. The van der Waals surface area contributed by atoms with Crippen molar-refractivity contribution in [3.8, 4) is 0 Å². The number of hydrazone groups is 1. The highest BCUT2D eigenvalue weighted by Gasteiger charge is 2.20. The number of halogens is 1. The van der Waals surface area contributed by atoms with Crippen LogP contribution in [-0.2, 0) is 6.54 Å². The predicted octanol–water partition coefficient (Wildman–Crippen LogP) is 3.09. The summed E-state index contributed by atoms with van der Waals surface area (Å²) < 4.78 is 2.31. The lowest BCUT2D eigenvalue weighted by Crippen LogP contribution is -2.23. The molecule has 2 heterocycles. The SMILES string of the molecule is Cc1ncc([N+](=O)[O-])n1C/C(=N/NC(=O)c1ccncc1)c1ccc(Br)cc1. The van der Waals surface area contributed by atoms with E-state index in [4.69, 9.17) is 0 Å². The number of imidazole rings is 1. The third-order valence-corrected chi connectivity index (χ3v) is 4.47. The van der Waals surface area contributed by atoms with Gasteiger partial charge in [-0.15, -0.1) is 0 Å².